The number of benzene rings is 1. The van der Waals surface area contributed by atoms with Gasteiger partial charge in [-0.3, -0.25) is 4.79 Å². The van der Waals surface area contributed by atoms with E-state index in [9.17, 15) is 4.79 Å². The van der Waals surface area contributed by atoms with Crippen molar-refractivity contribution in [2.24, 2.45) is 5.73 Å². The summed E-state index contributed by atoms with van der Waals surface area (Å²) in [6, 6.07) is 8.31. The second-order valence-electron chi connectivity index (χ2n) is 5.04. The van der Waals surface area contributed by atoms with Crippen LogP contribution in [0.4, 0.5) is 5.69 Å². The molecule has 2 N–H and O–H groups in total. The summed E-state index contributed by atoms with van der Waals surface area (Å²) in [5.41, 5.74) is 7.44. The van der Waals surface area contributed by atoms with E-state index in [4.69, 9.17) is 10.5 Å². The molecule has 1 amide bonds. The molecule has 0 aromatic heterocycles. The maximum Gasteiger partial charge on any atom is 0.217 e. The lowest BCUT2D eigenvalue weighted by molar-refractivity contribution is -0.118. The number of nitrogens with zero attached hydrogens (tertiary/aromatic N) is 1. The van der Waals surface area contributed by atoms with Crippen molar-refractivity contribution in [1.82, 2.24) is 0 Å². The van der Waals surface area contributed by atoms with E-state index in [0.29, 0.717) is 13.0 Å². The van der Waals surface area contributed by atoms with Gasteiger partial charge < -0.3 is 15.4 Å². The summed E-state index contributed by atoms with van der Waals surface area (Å²) in [7, 11) is 4.04. The fourth-order valence-corrected chi connectivity index (χ4v) is 1.78. The van der Waals surface area contributed by atoms with Crippen molar-refractivity contribution in [3.8, 4) is 0 Å². The Bertz CT molecular complexity index is 388. The molecule has 0 aliphatic carbocycles. The van der Waals surface area contributed by atoms with Crippen LogP contribution in [0.3, 0.4) is 0 Å². The molecule has 1 aromatic carbocycles. The first-order valence-electron chi connectivity index (χ1n) is 6.65. The summed E-state index contributed by atoms with van der Waals surface area (Å²) in [5, 5.41) is 0. The average Bonchev–Trinajstić information content (AvgIpc) is 2.36. The molecule has 0 radical (unpaired) electrons. The van der Waals surface area contributed by atoms with Crippen molar-refractivity contribution in [1.29, 1.82) is 0 Å². The van der Waals surface area contributed by atoms with Crippen molar-refractivity contribution in [2.45, 2.75) is 38.9 Å². The van der Waals surface area contributed by atoms with Crippen molar-refractivity contribution in [3.63, 3.8) is 0 Å². The fourth-order valence-electron chi connectivity index (χ4n) is 1.78. The number of hydrogen-bond acceptors (Lipinski definition) is 3. The van der Waals surface area contributed by atoms with Gasteiger partial charge in [-0.05, 0) is 37.5 Å². The summed E-state index contributed by atoms with van der Waals surface area (Å²) in [6.45, 7) is 2.63. The van der Waals surface area contributed by atoms with E-state index in [1.165, 1.54) is 5.69 Å². The minimum absolute atomic E-state index is 0.146. The molecule has 19 heavy (non-hydrogen) atoms. The number of hydrogen-bond donors (Lipinski definition) is 1. The Hall–Kier alpha value is -1.55. The molecule has 0 bridgehead atoms. The highest BCUT2D eigenvalue weighted by Gasteiger charge is 2.04. The number of rotatable bonds is 8. The molecule has 1 rings (SSSR count). The molecule has 0 heterocycles. The monoisotopic (exact) mass is 264 g/mol. The molecular weight excluding hydrogens is 240 g/mol. The zero-order chi connectivity index (χ0) is 14.3. The van der Waals surface area contributed by atoms with Gasteiger partial charge in [0.15, 0.2) is 0 Å². The smallest absolute Gasteiger partial charge is 0.217 e. The highest BCUT2D eigenvalue weighted by Crippen LogP contribution is 2.14. The van der Waals surface area contributed by atoms with Crippen LogP contribution in [0.1, 0.15) is 31.7 Å². The number of carbonyl (C=O) groups excluding carboxylic acids is 1. The molecule has 0 fully saturated rings. The lowest BCUT2D eigenvalue weighted by atomic mass is 10.1. The van der Waals surface area contributed by atoms with E-state index in [0.717, 1.165) is 18.4 Å². The van der Waals surface area contributed by atoms with Crippen molar-refractivity contribution < 1.29 is 9.53 Å². The van der Waals surface area contributed by atoms with E-state index >= 15 is 0 Å². The van der Waals surface area contributed by atoms with E-state index in [2.05, 4.69) is 29.2 Å². The summed E-state index contributed by atoms with van der Waals surface area (Å²) in [4.78, 5) is 12.7. The Morgan fingerprint density at radius 1 is 1.32 bits per heavy atom. The summed E-state index contributed by atoms with van der Waals surface area (Å²) < 4.78 is 5.74. The number of anilines is 1. The van der Waals surface area contributed by atoms with Crippen molar-refractivity contribution >= 4 is 11.6 Å². The summed E-state index contributed by atoms with van der Waals surface area (Å²) >= 11 is 0. The van der Waals surface area contributed by atoms with Crippen LogP contribution in [0.2, 0.25) is 0 Å². The fraction of sp³-hybridized carbons (Fsp3) is 0.533. The first kappa shape index (κ1) is 15.5. The number of nitrogens with two attached hydrogens (primary N) is 1. The predicted octanol–water partition coefficient (Wildman–Crippen LogP) is 2.31. The van der Waals surface area contributed by atoms with Crippen LogP contribution in [0.5, 0.6) is 0 Å². The minimum atomic E-state index is -0.244. The minimum Gasteiger partial charge on any atom is -0.378 e. The SMILES string of the molecule is C[C@H](CCCC(N)=O)OCc1ccc(N(C)C)cc1. The van der Waals surface area contributed by atoms with Gasteiger partial charge in [0, 0.05) is 26.2 Å². The van der Waals surface area contributed by atoms with Crippen LogP contribution in [0, 0.1) is 0 Å². The van der Waals surface area contributed by atoms with Gasteiger partial charge >= 0.3 is 0 Å². The normalized spacial score (nSPS) is 12.2. The van der Waals surface area contributed by atoms with Gasteiger partial charge in [-0.1, -0.05) is 12.1 Å². The molecule has 4 heteroatoms. The highest BCUT2D eigenvalue weighted by molar-refractivity contribution is 5.73. The van der Waals surface area contributed by atoms with Gasteiger partial charge in [0.25, 0.3) is 0 Å². The van der Waals surface area contributed by atoms with Crippen LogP contribution < -0.4 is 10.6 Å². The highest BCUT2D eigenvalue weighted by atomic mass is 16.5. The van der Waals surface area contributed by atoms with Gasteiger partial charge in [0.05, 0.1) is 12.7 Å². The molecule has 1 aromatic rings. The zero-order valence-electron chi connectivity index (χ0n) is 12.1. The number of amides is 1. The van der Waals surface area contributed by atoms with E-state index in [-0.39, 0.29) is 12.0 Å². The Kier molecular flexibility index (Phi) is 6.36. The standard InChI is InChI=1S/C15H24N2O2/c1-12(5-4-6-15(16)18)19-11-13-7-9-14(10-8-13)17(2)3/h7-10,12H,4-6,11H2,1-3H3,(H2,16,18)/t12-/m1/s1. The average molecular weight is 264 g/mol. The van der Waals surface area contributed by atoms with Gasteiger partial charge in [-0.2, -0.15) is 0 Å². The third-order valence-corrected chi connectivity index (χ3v) is 3.02. The Morgan fingerprint density at radius 3 is 2.47 bits per heavy atom. The molecule has 1 atom stereocenters. The van der Waals surface area contributed by atoms with Crippen LogP contribution in [0.15, 0.2) is 24.3 Å². The van der Waals surface area contributed by atoms with Gasteiger partial charge in [-0.15, -0.1) is 0 Å². The van der Waals surface area contributed by atoms with Crippen LogP contribution in [0.25, 0.3) is 0 Å². The first-order chi connectivity index (χ1) is 8.99. The quantitative estimate of drug-likeness (QED) is 0.784. The molecule has 106 valence electrons. The topological polar surface area (TPSA) is 55.6 Å². The Morgan fingerprint density at radius 2 is 1.95 bits per heavy atom. The van der Waals surface area contributed by atoms with Crippen molar-refractivity contribution in [2.75, 3.05) is 19.0 Å². The summed E-state index contributed by atoms with van der Waals surface area (Å²) in [5.74, 6) is -0.244. The lowest BCUT2D eigenvalue weighted by Gasteiger charge is -2.15. The zero-order valence-corrected chi connectivity index (χ0v) is 12.1. The van der Waals surface area contributed by atoms with Crippen LogP contribution in [-0.4, -0.2) is 26.1 Å². The lowest BCUT2D eigenvalue weighted by Crippen LogP contribution is -2.13. The molecule has 0 saturated heterocycles. The van der Waals surface area contributed by atoms with E-state index in [1.54, 1.807) is 0 Å². The first-order valence-corrected chi connectivity index (χ1v) is 6.65. The molecule has 0 unspecified atom stereocenters. The van der Waals surface area contributed by atoms with Gasteiger partial charge in [0.2, 0.25) is 5.91 Å². The molecule has 4 nitrogen and oxygen atoms in total. The number of ether oxygens (including phenoxy) is 1. The molecule has 0 aliphatic rings. The summed E-state index contributed by atoms with van der Waals surface area (Å²) in [6.07, 6.45) is 2.23. The largest absolute Gasteiger partial charge is 0.378 e. The van der Waals surface area contributed by atoms with Crippen molar-refractivity contribution in [3.05, 3.63) is 29.8 Å². The second kappa shape index (κ2) is 7.79. The third kappa shape index (κ3) is 6.25. The van der Waals surface area contributed by atoms with E-state index < -0.39 is 0 Å². The van der Waals surface area contributed by atoms with Crippen LogP contribution >= 0.6 is 0 Å². The Balaban J connectivity index is 2.29. The molecular formula is C15H24N2O2. The second-order valence-corrected chi connectivity index (χ2v) is 5.04. The Labute approximate surface area is 115 Å². The molecule has 0 aliphatic heterocycles. The van der Waals surface area contributed by atoms with Gasteiger partial charge in [-0.25, -0.2) is 0 Å². The molecule has 0 saturated carbocycles. The molecule has 0 spiro atoms. The number of carbonyl (C=O) groups is 1. The third-order valence-electron chi connectivity index (χ3n) is 3.02. The van der Waals surface area contributed by atoms with E-state index in [1.807, 2.05) is 21.0 Å². The maximum atomic E-state index is 10.6. The predicted molar refractivity (Wildman–Crippen MR) is 78.1 cm³/mol. The maximum absolute atomic E-state index is 10.6. The number of primary amides is 1. The van der Waals surface area contributed by atoms with Crippen LogP contribution in [-0.2, 0) is 16.1 Å². The van der Waals surface area contributed by atoms with Gasteiger partial charge in [0.1, 0.15) is 0 Å².